The zero-order valence-electron chi connectivity index (χ0n) is 9.70. The van der Waals surface area contributed by atoms with Crippen LogP contribution in [0.15, 0.2) is 18.2 Å². The van der Waals surface area contributed by atoms with Gasteiger partial charge in [0.25, 0.3) is 0 Å². The van der Waals surface area contributed by atoms with Crippen LogP contribution in [0.1, 0.15) is 18.4 Å². The molecule has 0 spiro atoms. The number of anilines is 1. The Bertz CT molecular complexity index is 492. The van der Waals surface area contributed by atoms with Crippen molar-refractivity contribution in [1.82, 2.24) is 5.32 Å². The molecule has 1 aliphatic heterocycles. The van der Waals surface area contributed by atoms with Crippen LogP contribution in [0.4, 0.5) is 10.1 Å². The van der Waals surface area contributed by atoms with E-state index in [1.54, 1.807) is 12.1 Å². The molecule has 4 N–H and O–H groups in total. The Morgan fingerprint density at radius 1 is 1.61 bits per heavy atom. The molecule has 1 aliphatic rings. The summed E-state index contributed by atoms with van der Waals surface area (Å²) in [6.07, 6.45) is 1.36. The molecule has 1 aromatic rings. The summed E-state index contributed by atoms with van der Waals surface area (Å²) in [6.45, 7) is 0.581. The Hall–Kier alpha value is -1.69. The Morgan fingerprint density at radius 3 is 2.94 bits per heavy atom. The van der Waals surface area contributed by atoms with Gasteiger partial charge in [-0.05, 0) is 24.6 Å². The molecule has 1 unspecified atom stereocenters. The lowest BCUT2D eigenvalue weighted by Gasteiger charge is -2.13. The maximum atomic E-state index is 13.6. The van der Waals surface area contributed by atoms with E-state index in [-0.39, 0.29) is 22.5 Å². The van der Waals surface area contributed by atoms with E-state index in [2.05, 4.69) is 10.6 Å². The topological polar surface area (TPSA) is 67.1 Å². The van der Waals surface area contributed by atoms with E-state index in [4.69, 9.17) is 18.0 Å². The molecule has 0 aliphatic carbocycles. The number of rotatable bonds is 4. The average molecular weight is 267 g/mol. The normalized spacial score (nSPS) is 18.5. The fourth-order valence-corrected chi connectivity index (χ4v) is 2.06. The molecule has 1 saturated heterocycles. The van der Waals surface area contributed by atoms with Gasteiger partial charge in [0.05, 0.1) is 0 Å². The van der Waals surface area contributed by atoms with Crippen LogP contribution in [0.3, 0.4) is 0 Å². The monoisotopic (exact) mass is 267 g/mol. The van der Waals surface area contributed by atoms with Crippen molar-refractivity contribution in [3.63, 3.8) is 0 Å². The molecule has 1 amide bonds. The van der Waals surface area contributed by atoms with Crippen LogP contribution in [-0.2, 0) is 4.79 Å². The number of carbonyl (C=O) groups is 1. The fourth-order valence-electron chi connectivity index (χ4n) is 1.90. The van der Waals surface area contributed by atoms with Crippen molar-refractivity contribution in [2.24, 2.45) is 5.73 Å². The molecule has 1 heterocycles. The van der Waals surface area contributed by atoms with E-state index in [0.717, 1.165) is 6.42 Å². The summed E-state index contributed by atoms with van der Waals surface area (Å²) >= 11 is 4.73. The average Bonchev–Trinajstić information content (AvgIpc) is 2.72. The molecule has 2 rings (SSSR count). The predicted molar refractivity (Wildman–Crippen MR) is 71.9 cm³/mol. The molecule has 6 heteroatoms. The number of hydrogen-bond donors (Lipinski definition) is 3. The van der Waals surface area contributed by atoms with Crippen LogP contribution >= 0.6 is 12.2 Å². The summed E-state index contributed by atoms with van der Waals surface area (Å²) < 4.78 is 13.6. The highest BCUT2D eigenvalue weighted by Crippen LogP contribution is 2.15. The first kappa shape index (κ1) is 12.8. The lowest BCUT2D eigenvalue weighted by Crippen LogP contribution is -2.31. The Balaban J connectivity index is 1.96. The van der Waals surface area contributed by atoms with Gasteiger partial charge in [-0.2, -0.15) is 0 Å². The minimum atomic E-state index is -0.442. The highest BCUT2D eigenvalue weighted by Gasteiger charge is 2.20. The van der Waals surface area contributed by atoms with Crippen LogP contribution < -0.4 is 16.4 Å². The second-order valence-electron chi connectivity index (χ2n) is 4.24. The van der Waals surface area contributed by atoms with Gasteiger partial charge in [-0.15, -0.1) is 0 Å². The number of thiocarbonyl (C=S) groups is 1. The number of nitrogens with one attached hydrogen (secondary N) is 2. The third-order valence-corrected chi connectivity index (χ3v) is 3.09. The largest absolute Gasteiger partial charge is 0.389 e. The van der Waals surface area contributed by atoms with Crippen LogP contribution in [0.5, 0.6) is 0 Å². The molecule has 1 aromatic carbocycles. The third-order valence-electron chi connectivity index (χ3n) is 2.87. The first-order valence-corrected chi connectivity index (χ1v) is 6.09. The quantitative estimate of drug-likeness (QED) is 0.716. The van der Waals surface area contributed by atoms with E-state index in [1.165, 1.54) is 6.07 Å². The maximum Gasteiger partial charge on any atom is 0.220 e. The Morgan fingerprint density at radius 2 is 2.39 bits per heavy atom. The molecule has 0 radical (unpaired) electrons. The lowest BCUT2D eigenvalue weighted by atomic mass is 10.2. The van der Waals surface area contributed by atoms with E-state index >= 15 is 0 Å². The third kappa shape index (κ3) is 2.95. The highest BCUT2D eigenvalue weighted by molar-refractivity contribution is 7.80. The smallest absolute Gasteiger partial charge is 0.220 e. The summed E-state index contributed by atoms with van der Waals surface area (Å²) in [7, 11) is 0. The van der Waals surface area contributed by atoms with Gasteiger partial charge in [0.2, 0.25) is 5.91 Å². The molecule has 4 nitrogen and oxygen atoms in total. The van der Waals surface area contributed by atoms with Crippen LogP contribution in [-0.4, -0.2) is 23.5 Å². The summed E-state index contributed by atoms with van der Waals surface area (Å²) in [5.74, 6) is -0.375. The highest BCUT2D eigenvalue weighted by atomic mass is 32.1. The first-order chi connectivity index (χ1) is 8.56. The Kier molecular flexibility index (Phi) is 3.76. The van der Waals surface area contributed by atoms with Crippen molar-refractivity contribution in [2.45, 2.75) is 18.9 Å². The number of halogens is 1. The second kappa shape index (κ2) is 5.30. The lowest BCUT2D eigenvalue weighted by molar-refractivity contribution is -0.119. The van der Waals surface area contributed by atoms with Gasteiger partial charge in [-0.3, -0.25) is 4.79 Å². The number of hydrogen-bond acceptors (Lipinski definition) is 3. The predicted octanol–water partition coefficient (Wildman–Crippen LogP) is 1.15. The molecular formula is C12H14FN3OS. The van der Waals surface area contributed by atoms with Gasteiger partial charge < -0.3 is 16.4 Å². The van der Waals surface area contributed by atoms with Crippen LogP contribution in [0.25, 0.3) is 0 Å². The first-order valence-electron chi connectivity index (χ1n) is 5.69. The van der Waals surface area contributed by atoms with E-state index < -0.39 is 5.82 Å². The van der Waals surface area contributed by atoms with Crippen LogP contribution in [0.2, 0.25) is 0 Å². The van der Waals surface area contributed by atoms with Crippen molar-refractivity contribution < 1.29 is 9.18 Å². The molecule has 0 saturated carbocycles. The number of carbonyl (C=O) groups excluding carboxylic acids is 1. The summed E-state index contributed by atoms with van der Waals surface area (Å²) in [5, 5.41) is 5.91. The van der Waals surface area contributed by atoms with E-state index in [9.17, 15) is 9.18 Å². The second-order valence-corrected chi connectivity index (χ2v) is 4.68. The summed E-state index contributed by atoms with van der Waals surface area (Å²) in [6, 6.07) is 4.73. The zero-order chi connectivity index (χ0) is 13.1. The number of benzene rings is 1. The minimum Gasteiger partial charge on any atom is -0.389 e. The molecule has 0 aromatic heterocycles. The standard InChI is InChI=1S/C12H14FN3OS/c13-10-5-7(1-3-9(10)12(14)18)15-6-8-2-4-11(17)16-8/h1,3,5,8,15H,2,4,6H2,(H2,14,18)(H,16,17). The van der Waals surface area contributed by atoms with E-state index in [1.807, 2.05) is 0 Å². The molecule has 1 fully saturated rings. The maximum absolute atomic E-state index is 13.6. The van der Waals surface area contributed by atoms with E-state index in [0.29, 0.717) is 18.7 Å². The molecule has 18 heavy (non-hydrogen) atoms. The fraction of sp³-hybridized carbons (Fsp3) is 0.333. The van der Waals surface area contributed by atoms with Gasteiger partial charge in [0.15, 0.2) is 0 Å². The number of nitrogens with two attached hydrogens (primary N) is 1. The molecule has 1 atom stereocenters. The van der Waals surface area contributed by atoms with Crippen molar-refractivity contribution in [1.29, 1.82) is 0 Å². The van der Waals surface area contributed by atoms with Gasteiger partial charge in [-0.25, -0.2) is 4.39 Å². The molecular weight excluding hydrogens is 253 g/mol. The van der Waals surface area contributed by atoms with Gasteiger partial charge >= 0.3 is 0 Å². The molecule has 0 bridgehead atoms. The minimum absolute atomic E-state index is 0.0436. The van der Waals surface area contributed by atoms with Crippen LogP contribution in [0, 0.1) is 5.82 Å². The van der Waals surface area contributed by atoms with Crippen molar-refractivity contribution in [3.8, 4) is 0 Å². The van der Waals surface area contributed by atoms with Gasteiger partial charge in [0, 0.05) is 30.3 Å². The summed E-state index contributed by atoms with van der Waals surface area (Å²) in [5.41, 5.74) is 6.26. The van der Waals surface area contributed by atoms with Gasteiger partial charge in [-0.1, -0.05) is 12.2 Å². The SMILES string of the molecule is NC(=S)c1ccc(NCC2CCC(=O)N2)cc1F. The molecule has 96 valence electrons. The Labute approximate surface area is 110 Å². The van der Waals surface area contributed by atoms with Gasteiger partial charge in [0.1, 0.15) is 10.8 Å². The van der Waals surface area contributed by atoms with Crippen molar-refractivity contribution in [2.75, 3.05) is 11.9 Å². The van der Waals surface area contributed by atoms with Crippen molar-refractivity contribution in [3.05, 3.63) is 29.6 Å². The number of amides is 1. The zero-order valence-corrected chi connectivity index (χ0v) is 10.5. The van der Waals surface area contributed by atoms with Crippen molar-refractivity contribution >= 4 is 28.8 Å². The summed E-state index contributed by atoms with van der Waals surface area (Å²) in [4.78, 5) is 11.1.